The van der Waals surface area contributed by atoms with E-state index in [4.69, 9.17) is 21.1 Å². The molecule has 30 heavy (non-hydrogen) atoms. The fourth-order valence-electron chi connectivity index (χ4n) is 3.12. The van der Waals surface area contributed by atoms with Gasteiger partial charge in [-0.15, -0.1) is 11.3 Å². The number of nitrogens with one attached hydrogen (secondary N) is 2. The van der Waals surface area contributed by atoms with E-state index in [2.05, 4.69) is 10.6 Å². The van der Waals surface area contributed by atoms with Gasteiger partial charge in [0.05, 0.1) is 20.5 Å². The second-order valence-electron chi connectivity index (χ2n) is 6.68. The first kappa shape index (κ1) is 20.3. The minimum atomic E-state index is -0.318. The lowest BCUT2D eigenvalue weighted by Gasteiger charge is -2.21. The number of hydrogen-bond acceptors (Lipinski definition) is 5. The van der Waals surface area contributed by atoms with Crippen molar-refractivity contribution in [3.05, 3.63) is 75.1 Å². The van der Waals surface area contributed by atoms with Crippen LogP contribution in [0.4, 0.5) is 5.00 Å². The molecule has 0 atom stereocenters. The third kappa shape index (κ3) is 4.27. The van der Waals surface area contributed by atoms with Gasteiger partial charge in [-0.2, -0.15) is 0 Å². The van der Waals surface area contributed by atoms with Crippen molar-refractivity contribution in [1.29, 1.82) is 0 Å². The van der Waals surface area contributed by atoms with E-state index in [1.54, 1.807) is 30.3 Å². The van der Waals surface area contributed by atoms with E-state index in [0.29, 0.717) is 51.7 Å². The Kier molecular flexibility index (Phi) is 5.92. The van der Waals surface area contributed by atoms with Gasteiger partial charge in [0.2, 0.25) is 0 Å². The number of halogens is 1. The average Bonchev–Trinajstić information content (AvgIpc) is 3.12. The lowest BCUT2D eigenvalue weighted by atomic mass is 10.1. The van der Waals surface area contributed by atoms with Crippen LogP contribution in [0.1, 0.15) is 31.2 Å². The molecule has 0 saturated heterocycles. The minimum absolute atomic E-state index is 0.218. The van der Waals surface area contributed by atoms with Gasteiger partial charge in [-0.05, 0) is 36.8 Å². The highest BCUT2D eigenvalue weighted by Gasteiger charge is 2.19. The van der Waals surface area contributed by atoms with E-state index in [1.165, 1.54) is 11.3 Å². The fourth-order valence-corrected chi connectivity index (χ4v) is 4.33. The molecule has 2 N–H and O–H groups in total. The largest absolute Gasteiger partial charge is 0.486 e. The van der Waals surface area contributed by atoms with Gasteiger partial charge in [-0.3, -0.25) is 9.59 Å². The third-order valence-corrected chi connectivity index (χ3v) is 6.05. The Morgan fingerprint density at radius 2 is 1.87 bits per heavy atom. The minimum Gasteiger partial charge on any atom is -0.486 e. The summed E-state index contributed by atoms with van der Waals surface area (Å²) >= 11 is 7.30. The SMILES string of the molecule is Cc1cc(NC(=O)c2ccccc2Cl)sc1C(=O)NCc1cccc2c1OCCO2. The van der Waals surface area contributed by atoms with Crippen LogP contribution in [0, 0.1) is 6.92 Å². The number of carbonyl (C=O) groups excluding carboxylic acids is 2. The highest BCUT2D eigenvalue weighted by atomic mass is 35.5. The zero-order chi connectivity index (χ0) is 21.1. The predicted octanol–water partition coefficient (Wildman–Crippen LogP) is 4.66. The molecule has 2 heterocycles. The molecular weight excluding hydrogens is 424 g/mol. The molecule has 0 saturated carbocycles. The summed E-state index contributed by atoms with van der Waals surface area (Å²) in [6.45, 7) is 3.14. The maximum absolute atomic E-state index is 12.7. The summed E-state index contributed by atoms with van der Waals surface area (Å²) in [4.78, 5) is 25.7. The number of ether oxygens (including phenoxy) is 2. The molecule has 1 aliphatic rings. The van der Waals surface area contributed by atoms with Gasteiger partial charge in [0.25, 0.3) is 11.8 Å². The van der Waals surface area contributed by atoms with E-state index in [-0.39, 0.29) is 11.8 Å². The summed E-state index contributed by atoms with van der Waals surface area (Å²) in [5, 5.41) is 6.68. The normalized spacial score (nSPS) is 12.3. The Morgan fingerprint density at radius 1 is 1.07 bits per heavy atom. The Labute approximate surface area is 182 Å². The summed E-state index contributed by atoms with van der Waals surface area (Å²) in [5.74, 6) is 0.816. The van der Waals surface area contributed by atoms with Crippen LogP contribution in [-0.4, -0.2) is 25.0 Å². The van der Waals surface area contributed by atoms with Gasteiger partial charge in [0.15, 0.2) is 11.5 Å². The van der Waals surface area contributed by atoms with E-state index < -0.39 is 0 Å². The first-order valence-electron chi connectivity index (χ1n) is 9.35. The van der Waals surface area contributed by atoms with Crippen LogP contribution in [0.25, 0.3) is 0 Å². The molecule has 0 radical (unpaired) electrons. The smallest absolute Gasteiger partial charge is 0.261 e. The number of hydrogen-bond donors (Lipinski definition) is 2. The molecule has 2 amide bonds. The van der Waals surface area contributed by atoms with E-state index in [1.807, 2.05) is 25.1 Å². The van der Waals surface area contributed by atoms with Crippen molar-refractivity contribution in [2.24, 2.45) is 0 Å². The fraction of sp³-hybridized carbons (Fsp3) is 0.182. The van der Waals surface area contributed by atoms with E-state index in [0.717, 1.165) is 11.1 Å². The quantitative estimate of drug-likeness (QED) is 0.602. The van der Waals surface area contributed by atoms with E-state index in [9.17, 15) is 9.59 Å². The average molecular weight is 443 g/mol. The lowest BCUT2D eigenvalue weighted by molar-refractivity contribution is 0.0952. The number of aryl methyl sites for hydroxylation is 1. The molecule has 3 aromatic rings. The van der Waals surface area contributed by atoms with Gasteiger partial charge >= 0.3 is 0 Å². The van der Waals surface area contributed by atoms with Gasteiger partial charge < -0.3 is 20.1 Å². The standard InChI is InChI=1S/C22H19ClN2O4S/c1-13-11-18(25-21(26)15-6-2-3-7-16(15)23)30-20(13)22(27)24-12-14-5-4-8-17-19(14)29-10-9-28-17/h2-8,11H,9-10,12H2,1H3,(H,24,27)(H,25,26). The summed E-state index contributed by atoms with van der Waals surface area (Å²) in [6.07, 6.45) is 0. The molecule has 1 aliphatic heterocycles. The van der Waals surface area contributed by atoms with Crippen LogP contribution in [0.5, 0.6) is 11.5 Å². The molecule has 0 bridgehead atoms. The summed E-state index contributed by atoms with van der Waals surface area (Å²) in [6, 6.07) is 14.2. The number of thiophene rings is 1. The second-order valence-corrected chi connectivity index (χ2v) is 8.14. The van der Waals surface area contributed by atoms with Crippen LogP contribution < -0.4 is 20.1 Å². The molecule has 0 fully saturated rings. The van der Waals surface area contributed by atoms with Crippen LogP contribution in [0.3, 0.4) is 0 Å². The van der Waals surface area contributed by atoms with Crippen LogP contribution in [-0.2, 0) is 6.54 Å². The Hall–Kier alpha value is -3.03. The summed E-state index contributed by atoms with van der Waals surface area (Å²) in [7, 11) is 0. The Bertz CT molecular complexity index is 1110. The van der Waals surface area contributed by atoms with Crippen molar-refractivity contribution < 1.29 is 19.1 Å². The Morgan fingerprint density at radius 3 is 2.70 bits per heavy atom. The second kappa shape index (κ2) is 8.77. The number of fused-ring (bicyclic) bond motifs is 1. The molecule has 0 aliphatic carbocycles. The van der Waals surface area contributed by atoms with Crippen molar-refractivity contribution in [2.45, 2.75) is 13.5 Å². The van der Waals surface area contributed by atoms with Crippen molar-refractivity contribution in [2.75, 3.05) is 18.5 Å². The molecule has 1 aromatic heterocycles. The highest BCUT2D eigenvalue weighted by molar-refractivity contribution is 7.18. The number of rotatable bonds is 5. The molecule has 0 unspecified atom stereocenters. The predicted molar refractivity (Wildman–Crippen MR) is 117 cm³/mol. The van der Waals surface area contributed by atoms with Gasteiger partial charge in [-0.1, -0.05) is 35.9 Å². The van der Waals surface area contributed by atoms with Gasteiger partial charge in [0, 0.05) is 12.1 Å². The monoisotopic (exact) mass is 442 g/mol. The number of para-hydroxylation sites is 1. The van der Waals surface area contributed by atoms with Gasteiger partial charge in [-0.25, -0.2) is 0 Å². The third-order valence-electron chi connectivity index (χ3n) is 4.57. The Balaban J connectivity index is 1.44. The highest BCUT2D eigenvalue weighted by Crippen LogP contribution is 2.34. The molecule has 2 aromatic carbocycles. The molecular formula is C22H19ClN2O4S. The maximum atomic E-state index is 12.7. The van der Waals surface area contributed by atoms with E-state index >= 15 is 0 Å². The zero-order valence-corrected chi connectivity index (χ0v) is 17.7. The summed E-state index contributed by atoms with van der Waals surface area (Å²) < 4.78 is 11.3. The topological polar surface area (TPSA) is 76.7 Å². The number of amides is 2. The first-order chi connectivity index (χ1) is 14.5. The van der Waals surface area contributed by atoms with Crippen molar-refractivity contribution in [3.8, 4) is 11.5 Å². The molecule has 6 nitrogen and oxygen atoms in total. The van der Waals surface area contributed by atoms with Crippen LogP contribution >= 0.6 is 22.9 Å². The first-order valence-corrected chi connectivity index (χ1v) is 10.5. The molecule has 154 valence electrons. The van der Waals surface area contributed by atoms with Gasteiger partial charge in [0.1, 0.15) is 13.2 Å². The molecule has 8 heteroatoms. The number of benzene rings is 2. The summed E-state index contributed by atoms with van der Waals surface area (Å²) in [5.41, 5.74) is 2.01. The lowest BCUT2D eigenvalue weighted by Crippen LogP contribution is -2.24. The van der Waals surface area contributed by atoms with Crippen molar-refractivity contribution in [1.82, 2.24) is 5.32 Å². The zero-order valence-electron chi connectivity index (χ0n) is 16.2. The molecule has 4 rings (SSSR count). The molecule has 0 spiro atoms. The maximum Gasteiger partial charge on any atom is 0.261 e. The van der Waals surface area contributed by atoms with Crippen LogP contribution in [0.15, 0.2) is 48.5 Å². The van der Waals surface area contributed by atoms with Crippen molar-refractivity contribution in [3.63, 3.8) is 0 Å². The number of anilines is 1. The van der Waals surface area contributed by atoms with Crippen molar-refractivity contribution >= 4 is 39.8 Å². The van der Waals surface area contributed by atoms with Crippen LogP contribution in [0.2, 0.25) is 5.02 Å². The number of carbonyl (C=O) groups is 2.